The number of anilines is 3. The SMILES string of the molecule is CN(C)CCNc1nc(-c2ccc(Cl)cc2Cl)c2c(n1)N(c1c(Cl)cccc1Cl)C(=O)NC2. The Labute approximate surface area is 211 Å². The maximum atomic E-state index is 13.0. The molecule has 1 aliphatic rings. The molecule has 0 atom stereocenters. The van der Waals surface area contributed by atoms with Crippen LogP contribution in [-0.2, 0) is 6.54 Å². The van der Waals surface area contributed by atoms with Crippen LogP contribution in [0.1, 0.15) is 5.56 Å². The highest BCUT2D eigenvalue weighted by molar-refractivity contribution is 6.40. The summed E-state index contributed by atoms with van der Waals surface area (Å²) in [5.41, 5.74) is 2.25. The van der Waals surface area contributed by atoms with Crippen molar-refractivity contribution in [3.05, 3.63) is 62.1 Å². The number of halogens is 4. The number of carbonyl (C=O) groups is 1. The number of nitrogens with one attached hydrogen (secondary N) is 2. The summed E-state index contributed by atoms with van der Waals surface area (Å²) in [6.45, 7) is 1.57. The number of rotatable bonds is 6. The predicted molar refractivity (Wildman–Crippen MR) is 135 cm³/mol. The molecule has 0 aliphatic carbocycles. The monoisotopic (exact) mass is 524 g/mol. The van der Waals surface area contributed by atoms with Crippen molar-refractivity contribution < 1.29 is 4.79 Å². The number of likely N-dealkylation sites (N-methyl/N-ethyl adjacent to an activating group) is 1. The number of nitrogens with zero attached hydrogens (tertiary/aromatic N) is 4. The lowest BCUT2D eigenvalue weighted by atomic mass is 10.0. The number of fused-ring (bicyclic) bond motifs is 1. The van der Waals surface area contributed by atoms with Crippen molar-refractivity contribution in [2.24, 2.45) is 0 Å². The molecule has 0 saturated carbocycles. The van der Waals surface area contributed by atoms with Crippen LogP contribution in [0.25, 0.3) is 11.3 Å². The summed E-state index contributed by atoms with van der Waals surface area (Å²) >= 11 is 25.5. The third kappa shape index (κ3) is 4.98. The van der Waals surface area contributed by atoms with Crippen molar-refractivity contribution in [1.82, 2.24) is 20.2 Å². The lowest BCUT2D eigenvalue weighted by Gasteiger charge is -2.31. The summed E-state index contributed by atoms with van der Waals surface area (Å²) < 4.78 is 0. The van der Waals surface area contributed by atoms with Crippen molar-refractivity contribution in [2.75, 3.05) is 37.4 Å². The number of carbonyl (C=O) groups excluding carboxylic acids is 1. The topological polar surface area (TPSA) is 73.4 Å². The molecule has 0 bridgehead atoms. The van der Waals surface area contributed by atoms with Gasteiger partial charge in [0.25, 0.3) is 0 Å². The van der Waals surface area contributed by atoms with Crippen LogP contribution >= 0.6 is 46.4 Å². The lowest BCUT2D eigenvalue weighted by Crippen LogP contribution is -2.42. The summed E-state index contributed by atoms with van der Waals surface area (Å²) in [6, 6.07) is 9.82. The average molecular weight is 526 g/mol. The van der Waals surface area contributed by atoms with Crippen LogP contribution < -0.4 is 15.5 Å². The highest BCUT2D eigenvalue weighted by Crippen LogP contribution is 2.43. The molecular weight excluding hydrogens is 506 g/mol. The normalized spacial score (nSPS) is 13.2. The number of para-hydroxylation sites is 1. The Morgan fingerprint density at radius 3 is 2.45 bits per heavy atom. The minimum atomic E-state index is -0.399. The molecular formula is C22H20Cl4N6O. The molecule has 11 heteroatoms. The number of urea groups is 1. The molecule has 1 aromatic heterocycles. The van der Waals surface area contributed by atoms with Gasteiger partial charge < -0.3 is 15.5 Å². The van der Waals surface area contributed by atoms with E-state index in [0.29, 0.717) is 60.9 Å². The van der Waals surface area contributed by atoms with E-state index in [4.69, 9.17) is 51.4 Å². The van der Waals surface area contributed by atoms with E-state index in [-0.39, 0.29) is 6.54 Å². The number of aromatic nitrogens is 2. The van der Waals surface area contributed by atoms with Gasteiger partial charge in [0.05, 0.1) is 33.0 Å². The fourth-order valence-corrected chi connectivity index (χ4v) is 4.51. The van der Waals surface area contributed by atoms with E-state index >= 15 is 0 Å². The number of amides is 2. The number of benzene rings is 2. The summed E-state index contributed by atoms with van der Waals surface area (Å²) in [7, 11) is 3.94. The molecule has 1 aliphatic heterocycles. The minimum Gasteiger partial charge on any atom is -0.353 e. The molecule has 7 nitrogen and oxygen atoms in total. The highest BCUT2D eigenvalue weighted by atomic mass is 35.5. The molecule has 4 rings (SSSR count). The zero-order valence-corrected chi connectivity index (χ0v) is 20.8. The van der Waals surface area contributed by atoms with Crippen molar-refractivity contribution in [1.29, 1.82) is 0 Å². The molecule has 172 valence electrons. The molecule has 0 radical (unpaired) electrons. The summed E-state index contributed by atoms with van der Waals surface area (Å²) in [5, 5.41) is 7.65. The molecule has 0 spiro atoms. The highest BCUT2D eigenvalue weighted by Gasteiger charge is 2.33. The zero-order chi connectivity index (χ0) is 23.7. The van der Waals surface area contributed by atoms with Gasteiger partial charge >= 0.3 is 6.03 Å². The molecule has 0 unspecified atom stereocenters. The molecule has 2 amide bonds. The maximum absolute atomic E-state index is 13.0. The van der Waals surface area contributed by atoms with Gasteiger partial charge in [-0.3, -0.25) is 0 Å². The Bertz CT molecular complexity index is 1200. The minimum absolute atomic E-state index is 0.207. The quantitative estimate of drug-likeness (QED) is 0.407. The van der Waals surface area contributed by atoms with E-state index in [1.807, 2.05) is 19.0 Å². The Hall–Kier alpha value is -2.29. The van der Waals surface area contributed by atoms with Crippen LogP contribution in [0.4, 0.5) is 22.2 Å². The fourth-order valence-electron chi connectivity index (χ4n) is 3.44. The second-order valence-electron chi connectivity index (χ2n) is 7.62. The van der Waals surface area contributed by atoms with Gasteiger partial charge in [-0.25, -0.2) is 14.7 Å². The molecule has 33 heavy (non-hydrogen) atoms. The van der Waals surface area contributed by atoms with E-state index in [2.05, 4.69) is 15.6 Å². The summed E-state index contributed by atoms with van der Waals surface area (Å²) in [6.07, 6.45) is 0. The molecule has 3 aromatic rings. The second kappa shape index (κ2) is 9.91. The first-order valence-electron chi connectivity index (χ1n) is 10.0. The zero-order valence-electron chi connectivity index (χ0n) is 17.8. The summed E-state index contributed by atoms with van der Waals surface area (Å²) in [4.78, 5) is 25.8. The number of hydrogen-bond acceptors (Lipinski definition) is 5. The first-order valence-corrected chi connectivity index (χ1v) is 11.5. The van der Waals surface area contributed by atoms with Gasteiger partial charge in [0.2, 0.25) is 5.95 Å². The van der Waals surface area contributed by atoms with Crippen LogP contribution in [0, 0.1) is 0 Å². The molecule has 2 heterocycles. The van der Waals surface area contributed by atoms with Gasteiger partial charge in [-0.05, 0) is 44.4 Å². The summed E-state index contributed by atoms with van der Waals surface area (Å²) in [5.74, 6) is 0.719. The van der Waals surface area contributed by atoms with E-state index in [1.54, 1.807) is 36.4 Å². The van der Waals surface area contributed by atoms with Gasteiger partial charge in [0.1, 0.15) is 0 Å². The second-order valence-corrected chi connectivity index (χ2v) is 9.27. The van der Waals surface area contributed by atoms with Crippen molar-refractivity contribution >= 4 is 69.9 Å². The third-order valence-electron chi connectivity index (χ3n) is 5.01. The van der Waals surface area contributed by atoms with Gasteiger partial charge in [0.15, 0.2) is 5.82 Å². The van der Waals surface area contributed by atoms with E-state index in [9.17, 15) is 4.79 Å². The van der Waals surface area contributed by atoms with E-state index in [0.717, 1.165) is 6.54 Å². The molecule has 2 N–H and O–H groups in total. The Morgan fingerprint density at radius 2 is 1.79 bits per heavy atom. The average Bonchev–Trinajstić information content (AvgIpc) is 2.74. The fraction of sp³-hybridized carbons (Fsp3) is 0.227. The third-order valence-corrected chi connectivity index (χ3v) is 6.16. The van der Waals surface area contributed by atoms with Crippen molar-refractivity contribution in [2.45, 2.75) is 6.54 Å². The van der Waals surface area contributed by atoms with Crippen LogP contribution in [0.2, 0.25) is 20.1 Å². The first-order chi connectivity index (χ1) is 15.8. The standard InChI is InChI=1S/C22H20Cl4N6O/c1-31(2)9-8-27-21-29-18(13-7-6-12(23)10-17(13)26)14-11-28-22(33)32(20(14)30-21)19-15(24)4-3-5-16(19)25/h3-7,10H,8-9,11H2,1-2H3,(H,28,33)(H,27,29,30). The smallest absolute Gasteiger partial charge is 0.328 e. The van der Waals surface area contributed by atoms with Crippen LogP contribution in [0.15, 0.2) is 36.4 Å². The molecule has 0 saturated heterocycles. The van der Waals surface area contributed by atoms with E-state index in [1.165, 1.54) is 4.90 Å². The molecule has 0 fully saturated rings. The van der Waals surface area contributed by atoms with Crippen molar-refractivity contribution in [3.8, 4) is 11.3 Å². The van der Waals surface area contributed by atoms with Crippen LogP contribution in [0.3, 0.4) is 0 Å². The van der Waals surface area contributed by atoms with Gasteiger partial charge in [-0.1, -0.05) is 52.5 Å². The van der Waals surface area contributed by atoms with Crippen LogP contribution in [-0.4, -0.2) is 48.1 Å². The predicted octanol–water partition coefficient (Wildman–Crippen LogP) is 6.09. The first kappa shape index (κ1) is 23.9. The van der Waals surface area contributed by atoms with Gasteiger partial charge in [-0.15, -0.1) is 0 Å². The Balaban J connectivity index is 1.92. The van der Waals surface area contributed by atoms with Crippen molar-refractivity contribution in [3.63, 3.8) is 0 Å². The number of hydrogen-bond donors (Lipinski definition) is 2. The largest absolute Gasteiger partial charge is 0.353 e. The van der Waals surface area contributed by atoms with Gasteiger partial charge in [-0.2, -0.15) is 4.98 Å². The lowest BCUT2D eigenvalue weighted by molar-refractivity contribution is 0.247. The Kier molecular flexibility index (Phi) is 7.16. The van der Waals surface area contributed by atoms with E-state index < -0.39 is 6.03 Å². The molecule has 2 aromatic carbocycles. The Morgan fingerprint density at radius 1 is 1.06 bits per heavy atom. The van der Waals surface area contributed by atoms with Gasteiger partial charge in [0, 0.05) is 29.2 Å². The maximum Gasteiger partial charge on any atom is 0.328 e. The van der Waals surface area contributed by atoms with Crippen LogP contribution in [0.5, 0.6) is 0 Å².